The predicted octanol–water partition coefficient (Wildman–Crippen LogP) is 12.9. The summed E-state index contributed by atoms with van der Waals surface area (Å²) in [6, 6.07) is 8.85. The van der Waals surface area contributed by atoms with Crippen molar-refractivity contribution in [2.24, 2.45) is 0 Å². The van der Waals surface area contributed by atoms with Crippen LogP contribution in [-0.4, -0.2) is 80.0 Å². The molecule has 0 saturated carbocycles. The molecule has 7 aromatic rings. The summed E-state index contributed by atoms with van der Waals surface area (Å²) < 4.78 is 264. The fourth-order valence-electron chi connectivity index (χ4n) is 9.11. The number of fused-ring (bicyclic) bond motifs is 8. The smallest absolute Gasteiger partial charge is 0.299 e. The standard InChI is InChI=1S/C56H46F8N4O12S4/c1-5-25-77-81(69,70)41-21-9-29(57)45(53(41)61)49-33-13-15-35(65-33)50(46-30(58)10-22-42(54(46)62)82(71,72)78-26-6-2)37-17-19-39(67-37)52(48-32(60)12-24-44(56(48)64)84(75,76)80-28-8-4)40-20-18-38(68-40)51(36-16-14-34(49)66-36)47-31(59)11-23-43(55(47)63)83(73,74)79-27-7-3/h9-24,65,68H,5-8,25-28H2,1-4H3. The predicted molar refractivity (Wildman–Crippen MR) is 294 cm³/mol. The Balaban J connectivity index is 1.55. The zero-order valence-electron chi connectivity index (χ0n) is 44.3. The molecule has 84 heavy (non-hydrogen) atoms. The molecule has 16 nitrogen and oxygen atoms in total. The molecule has 442 valence electrons. The van der Waals surface area contributed by atoms with Crippen molar-refractivity contribution in [1.29, 1.82) is 0 Å². The number of hydrogen-bond acceptors (Lipinski definition) is 14. The highest BCUT2D eigenvalue weighted by molar-refractivity contribution is 7.87. The van der Waals surface area contributed by atoms with Crippen molar-refractivity contribution in [3.8, 4) is 44.5 Å². The quantitative estimate of drug-likeness (QED) is 0.0534. The molecule has 0 aliphatic carbocycles. The minimum atomic E-state index is -5.02. The Labute approximate surface area is 476 Å². The SMILES string of the molecule is CCCOS(=O)(=O)c1ccc(F)c(-c2c3nc(c(-c4c(F)ccc(S(=O)(=O)OCCC)c4F)c4ccc([nH]4)c(-c4c(F)ccc(S(=O)(=O)OCCC)c4F)c4nc(c(-c5c(F)ccc(S(=O)(=O)OCCC)c5F)c5ccc2[nH]5)C=C4)C=C3)c1F. The molecule has 0 spiro atoms. The van der Waals surface area contributed by atoms with E-state index in [-0.39, 0.29) is 25.7 Å². The molecular weight excluding hydrogens is 1200 g/mol. The van der Waals surface area contributed by atoms with Crippen LogP contribution < -0.4 is 0 Å². The molecule has 4 aromatic carbocycles. The van der Waals surface area contributed by atoms with Crippen molar-refractivity contribution in [3.05, 3.63) is 142 Å². The summed E-state index contributed by atoms with van der Waals surface area (Å²) in [4.78, 5) is 9.92. The molecule has 8 bridgehead atoms. The van der Waals surface area contributed by atoms with Gasteiger partial charge in [-0.3, -0.25) is 16.7 Å². The molecule has 0 atom stereocenters. The van der Waals surface area contributed by atoms with Crippen LogP contribution in [0.3, 0.4) is 0 Å². The van der Waals surface area contributed by atoms with E-state index >= 15 is 35.1 Å². The van der Waals surface area contributed by atoms with E-state index in [1.807, 2.05) is 0 Å². The van der Waals surface area contributed by atoms with Crippen molar-refractivity contribution >= 4 is 86.8 Å². The van der Waals surface area contributed by atoms with Crippen LogP contribution >= 0.6 is 0 Å². The number of aromatic amines is 2. The van der Waals surface area contributed by atoms with Gasteiger partial charge in [-0.1, -0.05) is 27.7 Å². The first-order valence-corrected chi connectivity index (χ1v) is 31.1. The summed E-state index contributed by atoms with van der Waals surface area (Å²) in [6.07, 6.45) is 4.65. The summed E-state index contributed by atoms with van der Waals surface area (Å²) in [7, 11) is -20.1. The highest BCUT2D eigenvalue weighted by atomic mass is 32.2. The molecule has 0 unspecified atom stereocenters. The van der Waals surface area contributed by atoms with E-state index in [2.05, 4.69) is 19.9 Å². The van der Waals surface area contributed by atoms with E-state index in [0.29, 0.717) is 48.5 Å². The molecule has 2 aliphatic heterocycles. The second-order valence-electron chi connectivity index (χ2n) is 18.5. The minimum absolute atomic E-state index is 0.125. The Kier molecular flexibility index (Phi) is 17.4. The van der Waals surface area contributed by atoms with Crippen LogP contribution in [0.1, 0.15) is 76.2 Å². The molecule has 28 heteroatoms. The second-order valence-corrected chi connectivity index (χ2v) is 24.9. The van der Waals surface area contributed by atoms with E-state index in [0.717, 1.165) is 48.6 Å². The monoisotopic (exact) mass is 1250 g/mol. The summed E-state index contributed by atoms with van der Waals surface area (Å²) in [5.74, 6) is -12.9. The third-order valence-corrected chi connectivity index (χ3v) is 18.1. The van der Waals surface area contributed by atoms with E-state index in [1.54, 1.807) is 27.7 Å². The largest absolute Gasteiger partial charge is 0.354 e. The molecule has 0 radical (unpaired) electrons. The zero-order chi connectivity index (χ0) is 60.8. The van der Waals surface area contributed by atoms with Crippen molar-refractivity contribution in [2.45, 2.75) is 73.0 Å². The average molecular weight is 1250 g/mol. The van der Waals surface area contributed by atoms with Gasteiger partial charge in [-0.15, -0.1) is 0 Å². The van der Waals surface area contributed by atoms with Gasteiger partial charge in [-0.25, -0.2) is 45.1 Å². The number of halogens is 8. The van der Waals surface area contributed by atoms with Gasteiger partial charge in [0.15, 0.2) is 23.3 Å². The molecule has 3 aromatic heterocycles. The Morgan fingerprint density at radius 1 is 0.321 bits per heavy atom. The molecule has 9 rings (SSSR count). The first kappa shape index (κ1) is 61.1. The van der Waals surface area contributed by atoms with Gasteiger partial charge in [0.25, 0.3) is 40.5 Å². The van der Waals surface area contributed by atoms with Crippen LogP contribution in [0.25, 0.3) is 90.9 Å². The number of H-pyrrole nitrogens is 2. The van der Waals surface area contributed by atoms with Gasteiger partial charge in [0, 0.05) is 44.3 Å². The molecule has 0 saturated heterocycles. The van der Waals surface area contributed by atoms with Crippen LogP contribution in [0, 0.1) is 46.5 Å². The minimum Gasteiger partial charge on any atom is -0.354 e. The third kappa shape index (κ3) is 11.3. The maximum Gasteiger partial charge on any atom is 0.299 e. The Morgan fingerprint density at radius 2 is 0.524 bits per heavy atom. The van der Waals surface area contributed by atoms with Crippen molar-refractivity contribution in [1.82, 2.24) is 19.9 Å². The van der Waals surface area contributed by atoms with Crippen molar-refractivity contribution < 1.29 is 85.5 Å². The van der Waals surface area contributed by atoms with Crippen LogP contribution in [0.4, 0.5) is 35.1 Å². The Hall–Kier alpha value is -7.44. The highest BCUT2D eigenvalue weighted by Gasteiger charge is 2.34. The van der Waals surface area contributed by atoms with Crippen molar-refractivity contribution in [3.63, 3.8) is 0 Å². The van der Waals surface area contributed by atoms with Gasteiger partial charge in [0.1, 0.15) is 42.9 Å². The van der Waals surface area contributed by atoms with Gasteiger partial charge in [-0.2, -0.15) is 33.7 Å². The van der Waals surface area contributed by atoms with Crippen LogP contribution in [-0.2, 0) is 57.2 Å². The lowest BCUT2D eigenvalue weighted by molar-refractivity contribution is 0.315. The van der Waals surface area contributed by atoms with E-state index < -0.39 is 222 Å². The van der Waals surface area contributed by atoms with Crippen molar-refractivity contribution in [2.75, 3.05) is 26.4 Å². The lowest BCUT2D eigenvalue weighted by Crippen LogP contribution is -2.11. The second kappa shape index (κ2) is 23.9. The lowest BCUT2D eigenvalue weighted by atomic mass is 10.0. The third-order valence-electron chi connectivity index (χ3n) is 12.8. The molecule has 2 aliphatic rings. The highest BCUT2D eigenvalue weighted by Crippen LogP contribution is 2.44. The fraction of sp³-hybridized carbons (Fsp3) is 0.214. The summed E-state index contributed by atoms with van der Waals surface area (Å²) >= 11 is 0. The van der Waals surface area contributed by atoms with Crippen LogP contribution in [0.15, 0.2) is 92.4 Å². The van der Waals surface area contributed by atoms with Gasteiger partial charge in [-0.05, 0) is 123 Å². The van der Waals surface area contributed by atoms with E-state index in [9.17, 15) is 33.7 Å². The molecule has 2 N–H and O–H groups in total. The van der Waals surface area contributed by atoms with E-state index in [4.69, 9.17) is 16.7 Å². The Bertz CT molecular complexity index is 4010. The lowest BCUT2D eigenvalue weighted by Gasteiger charge is -2.13. The number of benzene rings is 4. The summed E-state index contributed by atoms with van der Waals surface area (Å²) in [5.41, 5.74) is -11.5. The number of nitrogens with zero attached hydrogens (tertiary/aromatic N) is 2. The number of nitrogens with one attached hydrogen (secondary N) is 2. The number of aromatic nitrogens is 4. The molecule has 5 heterocycles. The van der Waals surface area contributed by atoms with Gasteiger partial charge in [0.05, 0.1) is 71.5 Å². The maximum atomic E-state index is 17.3. The zero-order valence-corrected chi connectivity index (χ0v) is 47.6. The number of rotatable bonds is 20. The summed E-state index contributed by atoms with van der Waals surface area (Å²) in [5, 5.41) is 0. The number of hydrogen-bond donors (Lipinski definition) is 2. The fourth-order valence-corrected chi connectivity index (χ4v) is 13.4. The molecule has 0 fully saturated rings. The topological polar surface area (TPSA) is 231 Å². The molecule has 0 amide bonds. The Morgan fingerprint density at radius 3 is 0.714 bits per heavy atom. The molecular formula is C56H46F8N4O12S4. The first-order chi connectivity index (χ1) is 39.8. The maximum absolute atomic E-state index is 17.3. The van der Waals surface area contributed by atoms with Gasteiger partial charge < -0.3 is 9.97 Å². The van der Waals surface area contributed by atoms with Gasteiger partial charge >= 0.3 is 0 Å². The van der Waals surface area contributed by atoms with E-state index in [1.165, 1.54) is 0 Å². The summed E-state index contributed by atoms with van der Waals surface area (Å²) in [6.45, 7) is 4.41. The first-order valence-electron chi connectivity index (χ1n) is 25.5. The normalized spacial score (nSPS) is 12.9. The van der Waals surface area contributed by atoms with Gasteiger partial charge in [0.2, 0.25) is 0 Å². The van der Waals surface area contributed by atoms with Crippen LogP contribution in [0.5, 0.6) is 0 Å². The average Bonchev–Trinajstić information content (AvgIpc) is 1.77. The van der Waals surface area contributed by atoms with Crippen LogP contribution in [0.2, 0.25) is 0 Å².